The summed E-state index contributed by atoms with van der Waals surface area (Å²) in [4.78, 5) is 14.6. The number of aromatic nitrogens is 4. The van der Waals surface area contributed by atoms with E-state index in [-0.39, 0.29) is 11.9 Å². The number of carbonyl (C=O) groups excluding carboxylic acids is 1. The van der Waals surface area contributed by atoms with Gasteiger partial charge in [-0.25, -0.2) is 0 Å². The zero-order valence-electron chi connectivity index (χ0n) is 15.7. The fraction of sp³-hybridized carbons (Fsp3) is 0.238. The average Bonchev–Trinajstić information content (AvgIpc) is 3.44. The van der Waals surface area contributed by atoms with Gasteiger partial charge in [0.15, 0.2) is 11.5 Å². The Morgan fingerprint density at radius 2 is 1.86 bits per heavy atom. The summed E-state index contributed by atoms with van der Waals surface area (Å²) in [7, 11) is 0. The van der Waals surface area contributed by atoms with Crippen molar-refractivity contribution < 1.29 is 4.79 Å². The maximum atomic E-state index is 12.4. The van der Waals surface area contributed by atoms with Crippen molar-refractivity contribution in [3.63, 3.8) is 0 Å². The van der Waals surface area contributed by atoms with Crippen LogP contribution >= 0.6 is 11.3 Å². The first-order valence-corrected chi connectivity index (χ1v) is 10.6. The number of benzene rings is 1. The Labute approximate surface area is 172 Å². The van der Waals surface area contributed by atoms with Gasteiger partial charge in [-0.3, -0.25) is 4.79 Å². The zero-order chi connectivity index (χ0) is 19.6. The van der Waals surface area contributed by atoms with Crippen molar-refractivity contribution in [3.05, 3.63) is 64.9 Å². The number of piperidine rings is 1. The van der Waals surface area contributed by atoms with Crippen LogP contribution in [0.1, 0.15) is 23.2 Å². The number of anilines is 1. The van der Waals surface area contributed by atoms with Gasteiger partial charge in [-0.15, -0.1) is 15.3 Å². The average molecular weight is 404 g/mol. The Kier molecular flexibility index (Phi) is 4.69. The molecule has 0 unspecified atom stereocenters. The van der Waals surface area contributed by atoms with Crippen molar-refractivity contribution in [2.45, 2.75) is 18.9 Å². The maximum absolute atomic E-state index is 12.4. The topological polar surface area (TPSA) is 75.4 Å². The van der Waals surface area contributed by atoms with Crippen LogP contribution in [0.15, 0.2) is 59.3 Å². The molecule has 4 aromatic rings. The minimum Gasteiger partial charge on any atom is -0.355 e. The SMILES string of the molecule is O=C(NC1CCN(c2ccc3nnc(-c4ccsc4)n3n2)CC1)c1ccccc1. The third-order valence-corrected chi connectivity index (χ3v) is 5.90. The Bertz CT molecular complexity index is 1120. The highest BCUT2D eigenvalue weighted by Gasteiger charge is 2.23. The van der Waals surface area contributed by atoms with Gasteiger partial charge in [0, 0.05) is 35.6 Å². The van der Waals surface area contributed by atoms with E-state index >= 15 is 0 Å². The van der Waals surface area contributed by atoms with Gasteiger partial charge in [0.25, 0.3) is 5.91 Å². The van der Waals surface area contributed by atoms with Gasteiger partial charge < -0.3 is 10.2 Å². The van der Waals surface area contributed by atoms with Crippen molar-refractivity contribution in [3.8, 4) is 11.4 Å². The van der Waals surface area contributed by atoms with Crippen LogP contribution in [0.3, 0.4) is 0 Å². The number of thiophene rings is 1. The van der Waals surface area contributed by atoms with Crippen LogP contribution in [-0.4, -0.2) is 44.8 Å². The van der Waals surface area contributed by atoms with Gasteiger partial charge in [-0.05, 0) is 48.6 Å². The number of nitrogens with zero attached hydrogens (tertiary/aromatic N) is 5. The lowest BCUT2D eigenvalue weighted by Gasteiger charge is -2.33. The van der Waals surface area contributed by atoms with Crippen LogP contribution in [0.2, 0.25) is 0 Å². The molecule has 1 saturated heterocycles. The Morgan fingerprint density at radius 3 is 2.62 bits per heavy atom. The summed E-state index contributed by atoms with van der Waals surface area (Å²) in [5.74, 6) is 1.66. The predicted octanol–water partition coefficient (Wildman–Crippen LogP) is 3.25. The van der Waals surface area contributed by atoms with Gasteiger partial charge in [-0.1, -0.05) is 18.2 Å². The first kappa shape index (κ1) is 17.8. The lowest BCUT2D eigenvalue weighted by atomic mass is 10.0. The zero-order valence-corrected chi connectivity index (χ0v) is 16.5. The summed E-state index contributed by atoms with van der Waals surface area (Å²) in [6.07, 6.45) is 1.77. The first-order valence-electron chi connectivity index (χ1n) is 9.64. The van der Waals surface area contributed by atoms with E-state index in [0.717, 1.165) is 48.8 Å². The van der Waals surface area contributed by atoms with Crippen molar-refractivity contribution in [1.82, 2.24) is 25.1 Å². The number of carbonyl (C=O) groups is 1. The van der Waals surface area contributed by atoms with E-state index in [1.165, 1.54) is 0 Å². The Hall–Kier alpha value is -3.26. The molecule has 1 N–H and O–H groups in total. The lowest BCUT2D eigenvalue weighted by Crippen LogP contribution is -2.45. The third kappa shape index (κ3) is 3.58. The molecule has 0 aliphatic carbocycles. The maximum Gasteiger partial charge on any atom is 0.251 e. The number of rotatable bonds is 4. The molecule has 0 radical (unpaired) electrons. The minimum atomic E-state index is -0.00603. The molecule has 1 aliphatic heterocycles. The van der Waals surface area contributed by atoms with Crippen LogP contribution in [0.25, 0.3) is 17.0 Å². The molecule has 4 heterocycles. The highest BCUT2D eigenvalue weighted by molar-refractivity contribution is 7.08. The van der Waals surface area contributed by atoms with E-state index in [1.807, 2.05) is 59.3 Å². The Balaban J connectivity index is 1.28. The van der Waals surface area contributed by atoms with Crippen molar-refractivity contribution >= 4 is 28.7 Å². The molecule has 0 bridgehead atoms. The lowest BCUT2D eigenvalue weighted by molar-refractivity contribution is 0.0931. The summed E-state index contributed by atoms with van der Waals surface area (Å²) in [6, 6.07) is 15.5. The summed E-state index contributed by atoms with van der Waals surface area (Å²) in [5, 5.41) is 20.5. The van der Waals surface area contributed by atoms with E-state index in [9.17, 15) is 4.79 Å². The van der Waals surface area contributed by atoms with Crippen LogP contribution in [-0.2, 0) is 0 Å². The van der Waals surface area contributed by atoms with Crippen molar-refractivity contribution in [2.24, 2.45) is 0 Å². The Morgan fingerprint density at radius 1 is 1.03 bits per heavy atom. The summed E-state index contributed by atoms with van der Waals surface area (Å²) >= 11 is 1.63. The number of hydrogen-bond donors (Lipinski definition) is 1. The number of amides is 1. The van der Waals surface area contributed by atoms with Gasteiger partial charge in [0.2, 0.25) is 0 Å². The second-order valence-corrected chi connectivity index (χ2v) is 7.88. The normalized spacial score (nSPS) is 15.0. The molecule has 146 valence electrons. The molecule has 1 aliphatic rings. The van der Waals surface area contributed by atoms with E-state index < -0.39 is 0 Å². The van der Waals surface area contributed by atoms with Gasteiger partial charge in [-0.2, -0.15) is 15.9 Å². The molecule has 7 nitrogen and oxygen atoms in total. The first-order chi connectivity index (χ1) is 14.3. The fourth-order valence-corrected chi connectivity index (χ4v) is 4.27. The molecule has 3 aromatic heterocycles. The van der Waals surface area contributed by atoms with Gasteiger partial charge in [0.1, 0.15) is 5.82 Å². The number of nitrogens with one attached hydrogen (secondary N) is 1. The second kappa shape index (κ2) is 7.63. The van der Waals surface area contributed by atoms with Gasteiger partial charge in [0.05, 0.1) is 0 Å². The van der Waals surface area contributed by atoms with E-state index in [2.05, 4.69) is 20.4 Å². The monoisotopic (exact) mass is 404 g/mol. The summed E-state index contributed by atoms with van der Waals surface area (Å²) in [5.41, 5.74) is 2.46. The quantitative estimate of drug-likeness (QED) is 0.565. The molecule has 1 aromatic carbocycles. The highest BCUT2D eigenvalue weighted by Crippen LogP contribution is 2.23. The third-order valence-electron chi connectivity index (χ3n) is 5.22. The van der Waals surface area contributed by atoms with Crippen LogP contribution in [0, 0.1) is 0 Å². The van der Waals surface area contributed by atoms with E-state index in [4.69, 9.17) is 5.10 Å². The fourth-order valence-electron chi connectivity index (χ4n) is 3.63. The molecule has 0 atom stereocenters. The summed E-state index contributed by atoms with van der Waals surface area (Å²) < 4.78 is 1.81. The van der Waals surface area contributed by atoms with E-state index in [1.54, 1.807) is 15.9 Å². The van der Waals surface area contributed by atoms with Crippen LogP contribution in [0.4, 0.5) is 5.82 Å². The second-order valence-electron chi connectivity index (χ2n) is 7.10. The molecular weight excluding hydrogens is 384 g/mol. The minimum absolute atomic E-state index is 0.00603. The van der Waals surface area contributed by atoms with Gasteiger partial charge >= 0.3 is 0 Å². The van der Waals surface area contributed by atoms with E-state index in [0.29, 0.717) is 5.56 Å². The molecule has 29 heavy (non-hydrogen) atoms. The molecule has 0 spiro atoms. The largest absolute Gasteiger partial charge is 0.355 e. The highest BCUT2D eigenvalue weighted by atomic mass is 32.1. The van der Waals surface area contributed by atoms with Crippen molar-refractivity contribution in [1.29, 1.82) is 0 Å². The number of hydrogen-bond acceptors (Lipinski definition) is 6. The molecule has 1 fully saturated rings. The standard InChI is InChI=1S/C21H20N6OS/c28-21(15-4-2-1-3-5-15)22-17-8-11-26(12-9-17)19-7-6-18-23-24-20(27(18)25-19)16-10-13-29-14-16/h1-7,10,13-14,17H,8-9,11-12H2,(H,22,28). The van der Waals surface area contributed by atoms with Crippen molar-refractivity contribution in [2.75, 3.05) is 18.0 Å². The predicted molar refractivity (Wildman–Crippen MR) is 113 cm³/mol. The van der Waals surface area contributed by atoms with Crippen LogP contribution < -0.4 is 10.2 Å². The molecule has 5 rings (SSSR count). The smallest absolute Gasteiger partial charge is 0.251 e. The summed E-state index contributed by atoms with van der Waals surface area (Å²) in [6.45, 7) is 1.68. The number of fused-ring (bicyclic) bond motifs is 1. The molecular formula is C21H20N6OS. The molecule has 1 amide bonds. The molecule has 8 heteroatoms. The molecule has 0 saturated carbocycles. The van der Waals surface area contributed by atoms with Crippen LogP contribution in [0.5, 0.6) is 0 Å².